The molecule has 1 rings (SSSR count). The molecular weight excluding hydrogens is 212 g/mol. The van der Waals surface area contributed by atoms with E-state index in [1.54, 1.807) is 7.05 Å². The van der Waals surface area contributed by atoms with Gasteiger partial charge in [-0.1, -0.05) is 0 Å². The second-order valence-electron chi connectivity index (χ2n) is 4.74. The molecule has 0 bridgehead atoms. The Bertz CT molecular complexity index is 288. The van der Waals surface area contributed by atoms with Crippen LogP contribution in [0, 0.1) is 0 Å². The average Bonchev–Trinajstić information content (AvgIpc) is 2.08. The van der Waals surface area contributed by atoms with Crippen LogP contribution in [-0.4, -0.2) is 50.4 Å². The van der Waals surface area contributed by atoms with Crippen LogP contribution in [0.5, 0.6) is 0 Å². The van der Waals surface area contributed by atoms with Gasteiger partial charge in [0.05, 0.1) is 6.42 Å². The summed E-state index contributed by atoms with van der Waals surface area (Å²) < 4.78 is 5.78. The molecule has 5 nitrogen and oxygen atoms in total. The van der Waals surface area contributed by atoms with Gasteiger partial charge in [0, 0.05) is 14.1 Å². The zero-order chi connectivity index (χ0) is 11.8. The summed E-state index contributed by atoms with van der Waals surface area (Å²) in [5, 5.41) is 0. The van der Waals surface area contributed by atoms with Gasteiger partial charge in [-0.05, 0) is 19.6 Å². The minimum atomic E-state index is -1.73. The van der Waals surface area contributed by atoms with Crippen LogP contribution in [-0.2, 0) is 9.22 Å². The first kappa shape index (κ1) is 12.2. The average molecular weight is 230 g/mol. The molecule has 0 aromatic heterocycles. The number of carbonyl (C=O) groups excluding carboxylic acids is 2. The molecule has 0 radical (unpaired) electrons. The highest BCUT2D eigenvalue weighted by molar-refractivity contribution is 6.69. The Kier molecular flexibility index (Phi) is 3.20. The zero-order valence-electron chi connectivity index (χ0n) is 9.90. The Balaban J connectivity index is 2.75. The van der Waals surface area contributed by atoms with Gasteiger partial charge in [0.2, 0.25) is 5.91 Å². The summed E-state index contributed by atoms with van der Waals surface area (Å²) in [7, 11) is 1.42. The minimum absolute atomic E-state index is 0.179. The van der Waals surface area contributed by atoms with E-state index in [-0.39, 0.29) is 18.4 Å². The van der Waals surface area contributed by atoms with Crippen LogP contribution in [0.1, 0.15) is 6.42 Å². The van der Waals surface area contributed by atoms with Crippen LogP contribution < -0.4 is 0 Å². The molecular formula is C9H18N2O3Si. The van der Waals surface area contributed by atoms with E-state index in [0.29, 0.717) is 0 Å². The minimum Gasteiger partial charge on any atom is -0.397 e. The topological polar surface area (TPSA) is 49.9 Å². The van der Waals surface area contributed by atoms with Gasteiger partial charge in [0.25, 0.3) is 0 Å². The van der Waals surface area contributed by atoms with Crippen molar-refractivity contribution in [3.05, 3.63) is 0 Å². The monoisotopic (exact) mass is 230 g/mol. The summed E-state index contributed by atoms with van der Waals surface area (Å²) in [6.07, 6.45) is -0.143. The fourth-order valence-corrected chi connectivity index (χ4v) is 2.48. The molecule has 0 aromatic carbocycles. The molecule has 86 valence electrons. The van der Waals surface area contributed by atoms with Gasteiger partial charge in [0.1, 0.15) is 6.23 Å². The van der Waals surface area contributed by atoms with Crippen LogP contribution in [0.2, 0.25) is 19.6 Å². The van der Waals surface area contributed by atoms with Crippen molar-refractivity contribution in [2.75, 3.05) is 14.1 Å². The van der Waals surface area contributed by atoms with Crippen molar-refractivity contribution in [3.8, 4) is 0 Å². The number of imide groups is 1. The molecule has 1 fully saturated rings. The molecule has 0 aliphatic carbocycles. The summed E-state index contributed by atoms with van der Waals surface area (Å²) in [4.78, 5) is 25.7. The maximum Gasteiger partial charge on any atom is 0.328 e. The first-order valence-electron chi connectivity index (χ1n) is 4.93. The molecule has 0 aromatic rings. The third-order valence-corrected chi connectivity index (χ3v) is 3.21. The number of rotatable bonds is 2. The number of urea groups is 1. The molecule has 0 saturated carbocycles. The first-order valence-corrected chi connectivity index (χ1v) is 8.34. The number of hydrogen-bond acceptors (Lipinski definition) is 3. The largest absolute Gasteiger partial charge is 0.397 e. The molecule has 3 amide bonds. The van der Waals surface area contributed by atoms with Crippen LogP contribution in [0.3, 0.4) is 0 Å². The summed E-state index contributed by atoms with van der Waals surface area (Å²) in [6.45, 7) is 6.11. The molecule has 0 N–H and O–H groups in total. The molecule has 15 heavy (non-hydrogen) atoms. The normalized spacial score (nSPS) is 23.7. The van der Waals surface area contributed by atoms with E-state index in [9.17, 15) is 9.59 Å². The molecule has 1 heterocycles. The zero-order valence-corrected chi connectivity index (χ0v) is 10.9. The Hall–Kier alpha value is -0.883. The van der Waals surface area contributed by atoms with Gasteiger partial charge >= 0.3 is 6.03 Å². The molecule has 0 spiro atoms. The van der Waals surface area contributed by atoms with Gasteiger partial charge in [-0.15, -0.1) is 0 Å². The van der Waals surface area contributed by atoms with Gasteiger partial charge in [-0.25, -0.2) is 4.79 Å². The lowest BCUT2D eigenvalue weighted by molar-refractivity contribution is -0.135. The number of carbonyl (C=O) groups is 2. The summed E-state index contributed by atoms with van der Waals surface area (Å²) in [6, 6.07) is -0.297. The quantitative estimate of drug-likeness (QED) is 0.667. The fourth-order valence-electron chi connectivity index (χ4n) is 1.42. The maximum absolute atomic E-state index is 11.6. The molecule has 1 aliphatic heterocycles. The van der Waals surface area contributed by atoms with Crippen molar-refractivity contribution >= 4 is 20.3 Å². The van der Waals surface area contributed by atoms with Crippen molar-refractivity contribution in [3.63, 3.8) is 0 Å². The van der Waals surface area contributed by atoms with Gasteiger partial charge in [-0.2, -0.15) is 0 Å². The van der Waals surface area contributed by atoms with E-state index >= 15 is 0 Å². The summed E-state index contributed by atoms with van der Waals surface area (Å²) in [5.74, 6) is -0.179. The van der Waals surface area contributed by atoms with Crippen molar-refractivity contribution < 1.29 is 14.0 Å². The van der Waals surface area contributed by atoms with Crippen molar-refractivity contribution in [1.29, 1.82) is 0 Å². The van der Waals surface area contributed by atoms with Crippen LogP contribution in [0.15, 0.2) is 0 Å². The first-order chi connectivity index (χ1) is 6.72. The lowest BCUT2D eigenvalue weighted by Gasteiger charge is -2.38. The number of amides is 3. The van der Waals surface area contributed by atoms with E-state index in [4.69, 9.17) is 4.43 Å². The van der Waals surface area contributed by atoms with Crippen molar-refractivity contribution in [2.24, 2.45) is 0 Å². The highest BCUT2D eigenvalue weighted by Gasteiger charge is 2.37. The van der Waals surface area contributed by atoms with E-state index in [1.807, 2.05) is 19.6 Å². The summed E-state index contributed by atoms with van der Waals surface area (Å²) >= 11 is 0. The van der Waals surface area contributed by atoms with Crippen LogP contribution >= 0.6 is 0 Å². The Morgan fingerprint density at radius 2 is 1.80 bits per heavy atom. The lowest BCUT2D eigenvalue weighted by atomic mass is 10.2. The van der Waals surface area contributed by atoms with Crippen molar-refractivity contribution in [1.82, 2.24) is 9.80 Å². The third kappa shape index (κ3) is 2.79. The van der Waals surface area contributed by atoms with E-state index in [0.717, 1.165) is 4.90 Å². The van der Waals surface area contributed by atoms with E-state index in [2.05, 4.69) is 0 Å². The second kappa shape index (κ2) is 3.94. The summed E-state index contributed by atoms with van der Waals surface area (Å²) in [5.41, 5.74) is 0. The molecule has 1 saturated heterocycles. The molecule has 1 atom stereocenters. The lowest BCUT2D eigenvalue weighted by Crippen LogP contribution is -2.56. The third-order valence-electron chi connectivity index (χ3n) is 2.23. The van der Waals surface area contributed by atoms with Gasteiger partial charge < -0.3 is 9.33 Å². The van der Waals surface area contributed by atoms with Crippen molar-refractivity contribution in [2.45, 2.75) is 32.3 Å². The van der Waals surface area contributed by atoms with Gasteiger partial charge in [-0.3, -0.25) is 9.69 Å². The fraction of sp³-hybridized carbons (Fsp3) is 0.778. The Morgan fingerprint density at radius 1 is 1.27 bits per heavy atom. The number of nitrogens with zero attached hydrogens (tertiary/aromatic N) is 2. The van der Waals surface area contributed by atoms with Crippen LogP contribution in [0.25, 0.3) is 0 Å². The molecule has 1 unspecified atom stereocenters. The Morgan fingerprint density at radius 3 is 2.27 bits per heavy atom. The van der Waals surface area contributed by atoms with E-state index in [1.165, 1.54) is 11.9 Å². The predicted molar refractivity (Wildman–Crippen MR) is 58.8 cm³/mol. The standard InChI is InChI=1S/C9H18N2O3Si/c1-10-7(12)6-8(11(2)9(10)13)14-15(3,4)5/h8H,6H2,1-5H3. The smallest absolute Gasteiger partial charge is 0.328 e. The number of hydrogen-bond donors (Lipinski definition) is 0. The highest BCUT2D eigenvalue weighted by Crippen LogP contribution is 2.19. The Labute approximate surface area is 91.1 Å². The molecule has 1 aliphatic rings. The SMILES string of the molecule is CN1C(=O)CC(O[Si](C)(C)C)N(C)C1=O. The van der Waals surface area contributed by atoms with Gasteiger partial charge in [0.15, 0.2) is 8.32 Å². The maximum atomic E-state index is 11.6. The second-order valence-corrected chi connectivity index (χ2v) is 9.20. The highest BCUT2D eigenvalue weighted by atomic mass is 28.4. The molecule has 6 heteroatoms. The van der Waals surface area contributed by atoms with Crippen LogP contribution in [0.4, 0.5) is 4.79 Å². The van der Waals surface area contributed by atoms with E-state index < -0.39 is 14.5 Å². The predicted octanol–water partition coefficient (Wildman–Crippen LogP) is 1.08.